The van der Waals surface area contributed by atoms with E-state index < -0.39 is 10.0 Å². The van der Waals surface area contributed by atoms with E-state index in [0.29, 0.717) is 24.7 Å². The number of hydrogen-bond donors (Lipinski definition) is 0. The predicted octanol–water partition coefficient (Wildman–Crippen LogP) is 5.05. The second kappa shape index (κ2) is 10.6. The van der Waals surface area contributed by atoms with E-state index >= 15 is 0 Å². The third-order valence-electron chi connectivity index (χ3n) is 5.54. The molecule has 1 aliphatic rings. The smallest absolute Gasteiger partial charge is 0.243 e. The molecule has 1 saturated heterocycles. The van der Waals surface area contributed by atoms with Crippen LogP contribution in [0.2, 0.25) is 0 Å². The van der Waals surface area contributed by atoms with E-state index in [-0.39, 0.29) is 12.6 Å². The first-order valence-electron chi connectivity index (χ1n) is 10.9. The Morgan fingerprint density at radius 3 is 2.69 bits per heavy atom. The van der Waals surface area contributed by atoms with Gasteiger partial charge in [0, 0.05) is 31.0 Å². The largest absolute Gasteiger partial charge is 0.493 e. The van der Waals surface area contributed by atoms with Gasteiger partial charge in [0.25, 0.3) is 0 Å². The minimum atomic E-state index is -3.65. The number of aryl methyl sites for hydroxylation is 1. The summed E-state index contributed by atoms with van der Waals surface area (Å²) in [7, 11) is -3.65. The van der Waals surface area contributed by atoms with E-state index in [4.69, 9.17) is 9.47 Å². The molecule has 0 saturated carbocycles. The van der Waals surface area contributed by atoms with E-state index in [1.54, 1.807) is 27.8 Å². The highest BCUT2D eigenvalue weighted by Crippen LogP contribution is 2.24. The Morgan fingerprint density at radius 1 is 1.12 bits per heavy atom. The van der Waals surface area contributed by atoms with Crippen LogP contribution in [0.5, 0.6) is 5.75 Å². The van der Waals surface area contributed by atoms with Crippen LogP contribution in [-0.4, -0.2) is 38.6 Å². The van der Waals surface area contributed by atoms with Crippen molar-refractivity contribution in [2.75, 3.05) is 19.8 Å². The van der Waals surface area contributed by atoms with Crippen LogP contribution in [0.25, 0.3) is 0 Å². The van der Waals surface area contributed by atoms with Gasteiger partial charge in [-0.3, -0.25) is 0 Å². The predicted molar refractivity (Wildman–Crippen MR) is 128 cm³/mol. The summed E-state index contributed by atoms with van der Waals surface area (Å²) in [6.45, 7) is 3.85. The van der Waals surface area contributed by atoms with Gasteiger partial charge in [-0.15, -0.1) is 11.3 Å². The van der Waals surface area contributed by atoms with Gasteiger partial charge in [0.05, 0.1) is 17.6 Å². The molecule has 7 heteroatoms. The van der Waals surface area contributed by atoms with E-state index in [0.717, 1.165) is 36.1 Å². The van der Waals surface area contributed by atoms with Crippen molar-refractivity contribution >= 4 is 21.4 Å². The SMILES string of the molecule is Cc1ccc(S(=O)(=O)N(Cc2cccc(OCCc3cccs3)c2)CC2CCCO2)cc1. The fourth-order valence-electron chi connectivity index (χ4n) is 3.78. The molecule has 1 unspecified atom stereocenters. The zero-order valence-corrected chi connectivity index (χ0v) is 19.9. The molecule has 0 bridgehead atoms. The molecule has 1 atom stereocenters. The van der Waals surface area contributed by atoms with Crippen LogP contribution in [0.4, 0.5) is 0 Å². The van der Waals surface area contributed by atoms with Gasteiger partial charge in [0.1, 0.15) is 5.75 Å². The van der Waals surface area contributed by atoms with Crippen molar-refractivity contribution < 1.29 is 17.9 Å². The molecule has 1 aromatic heterocycles. The van der Waals surface area contributed by atoms with Crippen molar-refractivity contribution in [1.29, 1.82) is 0 Å². The van der Waals surface area contributed by atoms with Gasteiger partial charge in [-0.05, 0) is 61.0 Å². The number of hydrogen-bond acceptors (Lipinski definition) is 5. The lowest BCUT2D eigenvalue weighted by Crippen LogP contribution is -2.37. The molecule has 1 aliphatic heterocycles. The zero-order chi connectivity index (χ0) is 22.4. The van der Waals surface area contributed by atoms with Crippen molar-refractivity contribution in [3.8, 4) is 5.75 Å². The van der Waals surface area contributed by atoms with Gasteiger partial charge in [-0.25, -0.2) is 8.42 Å². The lowest BCUT2D eigenvalue weighted by atomic mass is 10.2. The van der Waals surface area contributed by atoms with Gasteiger partial charge in [-0.2, -0.15) is 4.31 Å². The molecule has 170 valence electrons. The lowest BCUT2D eigenvalue weighted by Gasteiger charge is -2.25. The Balaban J connectivity index is 1.49. The van der Waals surface area contributed by atoms with Crippen molar-refractivity contribution in [3.05, 3.63) is 82.0 Å². The summed E-state index contributed by atoms with van der Waals surface area (Å²) in [6.07, 6.45) is 2.64. The van der Waals surface area contributed by atoms with Gasteiger partial charge < -0.3 is 9.47 Å². The molecule has 2 aromatic carbocycles. The summed E-state index contributed by atoms with van der Waals surface area (Å²) < 4.78 is 40.2. The fourth-order valence-corrected chi connectivity index (χ4v) is 5.93. The van der Waals surface area contributed by atoms with Crippen LogP contribution in [0.1, 0.15) is 28.8 Å². The highest BCUT2D eigenvalue weighted by atomic mass is 32.2. The quantitative estimate of drug-likeness (QED) is 0.415. The molecule has 0 N–H and O–H groups in total. The van der Waals surface area contributed by atoms with Crippen LogP contribution in [-0.2, 0) is 27.7 Å². The maximum atomic E-state index is 13.5. The van der Waals surface area contributed by atoms with Gasteiger partial charge in [0.2, 0.25) is 10.0 Å². The molecule has 4 rings (SSSR count). The average Bonchev–Trinajstić information content (AvgIpc) is 3.48. The summed E-state index contributed by atoms with van der Waals surface area (Å²) in [5.74, 6) is 0.754. The molecule has 0 radical (unpaired) electrons. The van der Waals surface area contributed by atoms with Crippen molar-refractivity contribution in [1.82, 2.24) is 4.31 Å². The van der Waals surface area contributed by atoms with Gasteiger partial charge >= 0.3 is 0 Å². The number of nitrogens with zero attached hydrogens (tertiary/aromatic N) is 1. The first kappa shape index (κ1) is 23.0. The Morgan fingerprint density at radius 2 is 1.97 bits per heavy atom. The molecule has 5 nitrogen and oxygen atoms in total. The maximum Gasteiger partial charge on any atom is 0.243 e. The number of sulfonamides is 1. The zero-order valence-electron chi connectivity index (χ0n) is 18.3. The normalized spacial score (nSPS) is 16.5. The molecule has 3 aromatic rings. The molecule has 0 amide bonds. The second-order valence-electron chi connectivity index (χ2n) is 8.07. The first-order chi connectivity index (χ1) is 15.5. The van der Waals surface area contributed by atoms with E-state index in [1.165, 1.54) is 4.88 Å². The maximum absolute atomic E-state index is 13.5. The summed E-state index contributed by atoms with van der Waals surface area (Å²) in [5, 5.41) is 2.06. The summed E-state index contributed by atoms with van der Waals surface area (Å²) in [6, 6.07) is 18.9. The highest BCUT2D eigenvalue weighted by molar-refractivity contribution is 7.89. The van der Waals surface area contributed by atoms with Crippen molar-refractivity contribution in [2.45, 2.75) is 43.7 Å². The van der Waals surface area contributed by atoms with Crippen LogP contribution in [0.15, 0.2) is 70.9 Å². The second-order valence-corrected chi connectivity index (χ2v) is 11.0. The third-order valence-corrected chi connectivity index (χ3v) is 8.31. The van der Waals surface area contributed by atoms with Gasteiger partial charge in [-0.1, -0.05) is 35.9 Å². The monoisotopic (exact) mass is 471 g/mol. The Bertz CT molecular complexity index is 1090. The van der Waals surface area contributed by atoms with Crippen molar-refractivity contribution in [3.63, 3.8) is 0 Å². The molecular weight excluding hydrogens is 442 g/mol. The van der Waals surface area contributed by atoms with Crippen LogP contribution in [0.3, 0.4) is 0 Å². The van der Waals surface area contributed by atoms with Gasteiger partial charge in [0.15, 0.2) is 0 Å². The minimum absolute atomic E-state index is 0.0690. The third kappa shape index (κ3) is 5.98. The van der Waals surface area contributed by atoms with Crippen LogP contribution in [0, 0.1) is 6.92 Å². The van der Waals surface area contributed by atoms with Crippen LogP contribution >= 0.6 is 11.3 Å². The topological polar surface area (TPSA) is 55.8 Å². The number of ether oxygens (including phenoxy) is 2. The molecular formula is C25H29NO4S2. The Hall–Kier alpha value is -2.19. The lowest BCUT2D eigenvalue weighted by molar-refractivity contribution is 0.0926. The standard InChI is InChI=1S/C25H29NO4S2/c1-20-9-11-25(12-10-20)32(27,28)26(19-23-7-3-14-29-23)18-21-5-2-6-22(17-21)30-15-13-24-8-4-16-31-24/h2,4-6,8-12,16-17,23H,3,7,13-15,18-19H2,1H3. The number of rotatable bonds is 10. The number of thiophene rings is 1. The molecule has 32 heavy (non-hydrogen) atoms. The summed E-state index contributed by atoms with van der Waals surface area (Å²) in [5.41, 5.74) is 1.93. The number of benzene rings is 2. The van der Waals surface area contributed by atoms with Crippen LogP contribution < -0.4 is 4.74 Å². The van der Waals surface area contributed by atoms with E-state index in [1.807, 2.05) is 49.4 Å². The highest BCUT2D eigenvalue weighted by Gasteiger charge is 2.29. The summed E-state index contributed by atoms with van der Waals surface area (Å²) in [4.78, 5) is 1.59. The first-order valence-corrected chi connectivity index (χ1v) is 13.3. The fraction of sp³-hybridized carbons (Fsp3) is 0.360. The van der Waals surface area contributed by atoms with Crippen molar-refractivity contribution in [2.24, 2.45) is 0 Å². The summed E-state index contributed by atoms with van der Waals surface area (Å²) >= 11 is 1.72. The Labute approximate surface area is 194 Å². The van der Waals surface area contributed by atoms with E-state index in [2.05, 4.69) is 11.4 Å². The van der Waals surface area contributed by atoms with E-state index in [9.17, 15) is 8.42 Å². The minimum Gasteiger partial charge on any atom is -0.493 e. The molecule has 1 fully saturated rings. The molecule has 0 aliphatic carbocycles. The Kier molecular flexibility index (Phi) is 7.63. The molecule has 0 spiro atoms. The average molecular weight is 472 g/mol. The molecule has 2 heterocycles.